The Labute approximate surface area is 99.3 Å². The summed E-state index contributed by atoms with van der Waals surface area (Å²) in [7, 11) is 0. The summed E-state index contributed by atoms with van der Waals surface area (Å²) in [6, 6.07) is 6.96. The summed E-state index contributed by atoms with van der Waals surface area (Å²) in [6.07, 6.45) is 5.12. The number of hydrogen-bond donors (Lipinski definition) is 1. The lowest BCUT2D eigenvalue weighted by Crippen LogP contribution is -2.36. The molecule has 1 heterocycles. The van der Waals surface area contributed by atoms with E-state index in [0.717, 1.165) is 0 Å². The monoisotopic (exact) mass is 217 g/mol. The highest BCUT2D eigenvalue weighted by molar-refractivity contribution is 5.35. The van der Waals surface area contributed by atoms with Crippen molar-refractivity contribution in [3.63, 3.8) is 0 Å². The third-order valence-electron chi connectivity index (χ3n) is 3.98. The van der Waals surface area contributed by atoms with Crippen LogP contribution in [0.5, 0.6) is 0 Å². The zero-order valence-corrected chi connectivity index (χ0v) is 10.8. The van der Waals surface area contributed by atoms with Gasteiger partial charge in [0.05, 0.1) is 0 Å². The highest BCUT2D eigenvalue weighted by Crippen LogP contribution is 2.35. The van der Waals surface area contributed by atoms with E-state index in [1.54, 1.807) is 0 Å². The topological polar surface area (TPSA) is 12.0 Å². The first-order chi connectivity index (χ1) is 7.68. The minimum atomic E-state index is 0.271. The Hall–Kier alpha value is -0.820. The van der Waals surface area contributed by atoms with Crippen LogP contribution in [0.1, 0.15) is 49.3 Å². The molecule has 1 fully saturated rings. The molecular weight excluding hydrogens is 194 g/mol. The van der Waals surface area contributed by atoms with E-state index in [4.69, 9.17) is 0 Å². The Kier molecular flexibility index (Phi) is 3.34. The summed E-state index contributed by atoms with van der Waals surface area (Å²) in [5, 5.41) is 3.73. The van der Waals surface area contributed by atoms with Gasteiger partial charge in [-0.05, 0) is 56.3 Å². The average molecular weight is 217 g/mol. The molecule has 0 radical (unpaired) electrons. The molecule has 16 heavy (non-hydrogen) atoms. The molecule has 0 spiro atoms. The van der Waals surface area contributed by atoms with E-state index in [0.29, 0.717) is 0 Å². The van der Waals surface area contributed by atoms with Crippen molar-refractivity contribution >= 4 is 0 Å². The molecule has 0 amide bonds. The summed E-state index contributed by atoms with van der Waals surface area (Å²) in [6.45, 7) is 7.86. The summed E-state index contributed by atoms with van der Waals surface area (Å²) in [5.41, 5.74) is 4.58. The van der Waals surface area contributed by atoms with Crippen LogP contribution in [0.2, 0.25) is 0 Å². The third-order valence-corrected chi connectivity index (χ3v) is 3.98. The summed E-state index contributed by atoms with van der Waals surface area (Å²) >= 11 is 0. The van der Waals surface area contributed by atoms with Gasteiger partial charge in [0.2, 0.25) is 0 Å². The first-order valence-corrected chi connectivity index (χ1v) is 6.51. The first kappa shape index (κ1) is 11.7. The molecule has 1 aromatic rings. The van der Waals surface area contributed by atoms with E-state index < -0.39 is 0 Å². The van der Waals surface area contributed by atoms with Crippen LogP contribution in [0.25, 0.3) is 0 Å². The lowest BCUT2D eigenvalue weighted by molar-refractivity contribution is 0.355. The Balaban J connectivity index is 2.35. The van der Waals surface area contributed by atoms with Crippen molar-refractivity contribution in [2.45, 2.75) is 52.0 Å². The van der Waals surface area contributed by atoms with Crippen molar-refractivity contribution in [3.8, 4) is 0 Å². The van der Waals surface area contributed by atoms with Crippen LogP contribution in [-0.4, -0.2) is 6.54 Å². The van der Waals surface area contributed by atoms with Gasteiger partial charge < -0.3 is 5.32 Å². The Bertz CT molecular complexity index is 362. The molecule has 1 saturated heterocycles. The van der Waals surface area contributed by atoms with E-state index >= 15 is 0 Å². The molecule has 1 heteroatoms. The quantitative estimate of drug-likeness (QED) is 0.814. The normalized spacial score (nSPS) is 24.9. The fourth-order valence-corrected chi connectivity index (χ4v) is 2.88. The molecule has 1 aromatic carbocycles. The van der Waals surface area contributed by atoms with Gasteiger partial charge in [-0.3, -0.25) is 0 Å². The minimum absolute atomic E-state index is 0.271. The molecule has 1 nitrogen and oxygen atoms in total. The standard InChI is InChI=1S/C15H23N/c1-4-8-15(9-5-10-16-15)14-7-6-12(2)13(3)11-14/h6-7,11,16H,4-5,8-10H2,1-3H3. The van der Waals surface area contributed by atoms with E-state index in [9.17, 15) is 0 Å². The van der Waals surface area contributed by atoms with Crippen LogP contribution >= 0.6 is 0 Å². The van der Waals surface area contributed by atoms with Crippen molar-refractivity contribution in [1.82, 2.24) is 5.32 Å². The Morgan fingerprint density at radius 3 is 2.62 bits per heavy atom. The van der Waals surface area contributed by atoms with Crippen molar-refractivity contribution in [2.24, 2.45) is 0 Å². The summed E-state index contributed by atoms with van der Waals surface area (Å²) < 4.78 is 0. The fourth-order valence-electron chi connectivity index (χ4n) is 2.88. The second-order valence-corrected chi connectivity index (χ2v) is 5.16. The van der Waals surface area contributed by atoms with Gasteiger partial charge in [-0.1, -0.05) is 31.5 Å². The molecule has 1 aliphatic rings. The number of hydrogen-bond acceptors (Lipinski definition) is 1. The second-order valence-electron chi connectivity index (χ2n) is 5.16. The maximum Gasteiger partial charge on any atom is 0.0435 e. The van der Waals surface area contributed by atoms with Crippen LogP contribution in [-0.2, 0) is 5.54 Å². The molecular formula is C15H23N. The van der Waals surface area contributed by atoms with E-state index in [-0.39, 0.29) is 5.54 Å². The number of nitrogens with one attached hydrogen (secondary N) is 1. The molecule has 2 rings (SSSR count). The van der Waals surface area contributed by atoms with Crippen LogP contribution < -0.4 is 5.32 Å². The lowest BCUT2D eigenvalue weighted by Gasteiger charge is -2.30. The van der Waals surface area contributed by atoms with Crippen LogP contribution in [0.4, 0.5) is 0 Å². The number of rotatable bonds is 3. The van der Waals surface area contributed by atoms with Crippen molar-refractivity contribution in [3.05, 3.63) is 34.9 Å². The van der Waals surface area contributed by atoms with E-state index in [1.165, 1.54) is 48.9 Å². The van der Waals surface area contributed by atoms with Crippen LogP contribution in [0, 0.1) is 13.8 Å². The number of aryl methyl sites for hydroxylation is 2. The summed E-state index contributed by atoms with van der Waals surface area (Å²) in [4.78, 5) is 0. The molecule has 0 aliphatic carbocycles. The van der Waals surface area contributed by atoms with Crippen LogP contribution in [0.3, 0.4) is 0 Å². The first-order valence-electron chi connectivity index (χ1n) is 6.51. The third kappa shape index (κ3) is 2.01. The molecule has 0 aromatic heterocycles. The highest BCUT2D eigenvalue weighted by atomic mass is 15.0. The van der Waals surface area contributed by atoms with Gasteiger partial charge in [0.25, 0.3) is 0 Å². The maximum absolute atomic E-state index is 3.73. The molecule has 0 bridgehead atoms. The van der Waals surface area contributed by atoms with E-state index in [1.807, 2.05) is 0 Å². The number of benzene rings is 1. The zero-order valence-electron chi connectivity index (χ0n) is 10.8. The molecule has 1 N–H and O–H groups in total. The molecule has 1 unspecified atom stereocenters. The second kappa shape index (κ2) is 4.58. The largest absolute Gasteiger partial charge is 0.307 e. The Morgan fingerprint density at radius 2 is 2.06 bits per heavy atom. The Morgan fingerprint density at radius 1 is 1.25 bits per heavy atom. The predicted octanol–water partition coefficient (Wildman–Crippen LogP) is 3.68. The van der Waals surface area contributed by atoms with Gasteiger partial charge in [0.1, 0.15) is 0 Å². The predicted molar refractivity (Wildman–Crippen MR) is 69.7 cm³/mol. The van der Waals surface area contributed by atoms with Crippen molar-refractivity contribution in [1.29, 1.82) is 0 Å². The zero-order chi connectivity index (χ0) is 11.6. The van der Waals surface area contributed by atoms with Crippen LogP contribution in [0.15, 0.2) is 18.2 Å². The SMILES string of the molecule is CCCC1(c2ccc(C)c(C)c2)CCCN1. The van der Waals surface area contributed by atoms with Gasteiger partial charge in [-0.2, -0.15) is 0 Å². The summed E-state index contributed by atoms with van der Waals surface area (Å²) in [5.74, 6) is 0. The highest BCUT2D eigenvalue weighted by Gasteiger charge is 2.34. The average Bonchev–Trinajstić information content (AvgIpc) is 2.72. The fraction of sp³-hybridized carbons (Fsp3) is 0.600. The van der Waals surface area contributed by atoms with Gasteiger partial charge in [-0.25, -0.2) is 0 Å². The van der Waals surface area contributed by atoms with Crippen molar-refractivity contribution in [2.75, 3.05) is 6.54 Å². The lowest BCUT2D eigenvalue weighted by atomic mass is 9.83. The maximum atomic E-state index is 3.73. The van der Waals surface area contributed by atoms with Gasteiger partial charge in [0, 0.05) is 5.54 Å². The smallest absolute Gasteiger partial charge is 0.0435 e. The minimum Gasteiger partial charge on any atom is -0.307 e. The molecule has 1 aliphatic heterocycles. The molecule has 1 atom stereocenters. The van der Waals surface area contributed by atoms with Gasteiger partial charge in [0.15, 0.2) is 0 Å². The molecule has 88 valence electrons. The van der Waals surface area contributed by atoms with Gasteiger partial charge >= 0.3 is 0 Å². The van der Waals surface area contributed by atoms with E-state index in [2.05, 4.69) is 44.3 Å². The molecule has 0 saturated carbocycles. The van der Waals surface area contributed by atoms with Crippen molar-refractivity contribution < 1.29 is 0 Å². The van der Waals surface area contributed by atoms with Gasteiger partial charge in [-0.15, -0.1) is 0 Å².